The molecule has 2 aromatic rings. The summed E-state index contributed by atoms with van der Waals surface area (Å²) >= 11 is 0. The molecule has 0 saturated carbocycles. The molecule has 108 valence electrons. The Morgan fingerprint density at radius 1 is 1.35 bits per heavy atom. The van der Waals surface area contributed by atoms with Crippen LogP contribution in [0.2, 0.25) is 0 Å². The second kappa shape index (κ2) is 7.07. The molecule has 1 aromatic carbocycles. The predicted molar refractivity (Wildman–Crippen MR) is 79.6 cm³/mol. The maximum Gasteiger partial charge on any atom is 0.224 e. The molecule has 0 aliphatic rings. The van der Waals surface area contributed by atoms with Gasteiger partial charge in [0, 0.05) is 36.7 Å². The number of carbonyl (C=O) groups is 1. The maximum atomic E-state index is 11.8. The summed E-state index contributed by atoms with van der Waals surface area (Å²) in [5.74, 6) is 0.00796. The molecular weight excluding hydrogens is 254 g/mol. The molecule has 1 amide bonds. The van der Waals surface area contributed by atoms with Gasteiger partial charge < -0.3 is 20.7 Å². The zero-order valence-electron chi connectivity index (χ0n) is 11.6. The number of benzene rings is 1. The lowest BCUT2D eigenvalue weighted by atomic mass is 10.1. The smallest absolute Gasteiger partial charge is 0.224 e. The fourth-order valence-electron chi connectivity index (χ4n) is 2.11. The van der Waals surface area contributed by atoms with Crippen LogP contribution in [0.3, 0.4) is 0 Å². The van der Waals surface area contributed by atoms with E-state index in [1.54, 1.807) is 6.92 Å². The number of amides is 1. The third-order valence-electron chi connectivity index (χ3n) is 3.09. The van der Waals surface area contributed by atoms with E-state index in [0.717, 1.165) is 16.5 Å². The molecule has 0 aliphatic carbocycles. The first kappa shape index (κ1) is 14.6. The SMILES string of the molecule is CC(O)CNCCNC(=O)Cc1c[nH]c2ccccc12. The van der Waals surface area contributed by atoms with Crippen LogP contribution in [0.4, 0.5) is 0 Å². The summed E-state index contributed by atoms with van der Waals surface area (Å²) in [5, 5.41) is 16.1. The summed E-state index contributed by atoms with van der Waals surface area (Å²) in [4.78, 5) is 15.0. The number of rotatable bonds is 7. The molecule has 5 nitrogen and oxygen atoms in total. The summed E-state index contributed by atoms with van der Waals surface area (Å²) < 4.78 is 0. The van der Waals surface area contributed by atoms with Crippen LogP contribution in [-0.4, -0.2) is 41.7 Å². The Labute approximate surface area is 118 Å². The Balaban J connectivity index is 1.77. The zero-order chi connectivity index (χ0) is 14.4. The van der Waals surface area contributed by atoms with Gasteiger partial charge in [0.15, 0.2) is 0 Å². The average Bonchev–Trinajstić information content (AvgIpc) is 2.81. The van der Waals surface area contributed by atoms with E-state index in [1.165, 1.54) is 0 Å². The summed E-state index contributed by atoms with van der Waals surface area (Å²) in [6.07, 6.45) is 1.90. The monoisotopic (exact) mass is 275 g/mol. The predicted octanol–water partition coefficient (Wildman–Crippen LogP) is 0.797. The molecule has 0 bridgehead atoms. The highest BCUT2D eigenvalue weighted by molar-refractivity contribution is 5.88. The third-order valence-corrected chi connectivity index (χ3v) is 3.09. The van der Waals surface area contributed by atoms with Crippen molar-refractivity contribution in [3.8, 4) is 0 Å². The quantitative estimate of drug-likeness (QED) is 0.564. The molecule has 1 unspecified atom stereocenters. The van der Waals surface area contributed by atoms with Crippen molar-refractivity contribution in [3.05, 3.63) is 36.0 Å². The van der Waals surface area contributed by atoms with Crippen LogP contribution in [-0.2, 0) is 11.2 Å². The van der Waals surface area contributed by atoms with Gasteiger partial charge in [-0.2, -0.15) is 0 Å². The number of hydrogen-bond donors (Lipinski definition) is 4. The van der Waals surface area contributed by atoms with Crippen LogP contribution < -0.4 is 10.6 Å². The second-order valence-corrected chi connectivity index (χ2v) is 4.94. The van der Waals surface area contributed by atoms with Gasteiger partial charge in [0.05, 0.1) is 12.5 Å². The minimum absolute atomic E-state index is 0.00796. The van der Waals surface area contributed by atoms with Gasteiger partial charge >= 0.3 is 0 Å². The first-order valence-corrected chi connectivity index (χ1v) is 6.87. The molecule has 4 N–H and O–H groups in total. The number of aliphatic hydroxyl groups excluding tert-OH is 1. The van der Waals surface area contributed by atoms with E-state index >= 15 is 0 Å². The van der Waals surface area contributed by atoms with Crippen molar-refractivity contribution < 1.29 is 9.90 Å². The van der Waals surface area contributed by atoms with Gasteiger partial charge in [-0.05, 0) is 18.6 Å². The highest BCUT2D eigenvalue weighted by Crippen LogP contribution is 2.17. The molecule has 5 heteroatoms. The van der Waals surface area contributed by atoms with Crippen molar-refractivity contribution in [1.82, 2.24) is 15.6 Å². The largest absolute Gasteiger partial charge is 0.392 e. The van der Waals surface area contributed by atoms with Crippen LogP contribution in [0.1, 0.15) is 12.5 Å². The van der Waals surface area contributed by atoms with Crippen LogP contribution in [0.25, 0.3) is 10.9 Å². The van der Waals surface area contributed by atoms with Gasteiger partial charge in [-0.25, -0.2) is 0 Å². The number of nitrogens with one attached hydrogen (secondary N) is 3. The molecule has 1 aromatic heterocycles. The molecule has 0 aliphatic heterocycles. The number of aliphatic hydroxyl groups is 1. The van der Waals surface area contributed by atoms with E-state index in [0.29, 0.717) is 26.1 Å². The summed E-state index contributed by atoms with van der Waals surface area (Å²) in [6, 6.07) is 7.95. The van der Waals surface area contributed by atoms with Crippen molar-refractivity contribution in [1.29, 1.82) is 0 Å². The van der Waals surface area contributed by atoms with Gasteiger partial charge in [0.1, 0.15) is 0 Å². The Morgan fingerprint density at radius 2 is 2.15 bits per heavy atom. The molecule has 0 fully saturated rings. The first-order chi connectivity index (χ1) is 9.66. The zero-order valence-corrected chi connectivity index (χ0v) is 11.6. The van der Waals surface area contributed by atoms with E-state index < -0.39 is 0 Å². The van der Waals surface area contributed by atoms with Crippen LogP contribution in [0.5, 0.6) is 0 Å². The Bertz CT molecular complexity index is 563. The lowest BCUT2D eigenvalue weighted by molar-refractivity contribution is -0.120. The second-order valence-electron chi connectivity index (χ2n) is 4.94. The van der Waals surface area contributed by atoms with Crippen molar-refractivity contribution in [2.45, 2.75) is 19.4 Å². The maximum absolute atomic E-state index is 11.8. The van der Waals surface area contributed by atoms with Gasteiger partial charge in [-0.1, -0.05) is 18.2 Å². The lowest BCUT2D eigenvalue weighted by Crippen LogP contribution is -2.35. The minimum atomic E-state index is -0.364. The number of fused-ring (bicyclic) bond motifs is 1. The summed E-state index contributed by atoms with van der Waals surface area (Å²) in [6.45, 7) is 3.49. The molecule has 20 heavy (non-hydrogen) atoms. The van der Waals surface area contributed by atoms with Crippen LogP contribution >= 0.6 is 0 Å². The van der Waals surface area contributed by atoms with Gasteiger partial charge in [-0.3, -0.25) is 4.79 Å². The van der Waals surface area contributed by atoms with Crippen molar-refractivity contribution >= 4 is 16.8 Å². The molecule has 0 spiro atoms. The molecule has 0 radical (unpaired) electrons. The van der Waals surface area contributed by atoms with E-state index in [2.05, 4.69) is 15.6 Å². The van der Waals surface area contributed by atoms with Crippen LogP contribution in [0.15, 0.2) is 30.5 Å². The Morgan fingerprint density at radius 3 is 2.95 bits per heavy atom. The van der Waals surface area contributed by atoms with Crippen molar-refractivity contribution in [2.24, 2.45) is 0 Å². The highest BCUT2D eigenvalue weighted by atomic mass is 16.3. The van der Waals surface area contributed by atoms with E-state index in [1.807, 2.05) is 30.5 Å². The van der Waals surface area contributed by atoms with Crippen molar-refractivity contribution in [2.75, 3.05) is 19.6 Å². The Kier molecular flexibility index (Phi) is 5.15. The minimum Gasteiger partial charge on any atom is -0.392 e. The molecule has 1 atom stereocenters. The number of para-hydroxylation sites is 1. The summed E-state index contributed by atoms with van der Waals surface area (Å²) in [7, 11) is 0. The van der Waals surface area contributed by atoms with E-state index in [-0.39, 0.29) is 12.0 Å². The summed E-state index contributed by atoms with van der Waals surface area (Å²) in [5.41, 5.74) is 2.06. The molecule has 0 saturated heterocycles. The molecule has 1 heterocycles. The molecular formula is C15H21N3O2. The Hall–Kier alpha value is -1.85. The van der Waals surface area contributed by atoms with E-state index in [9.17, 15) is 4.79 Å². The van der Waals surface area contributed by atoms with E-state index in [4.69, 9.17) is 5.11 Å². The standard InChI is InChI=1S/C15H21N3O2/c1-11(19)9-16-6-7-17-15(20)8-12-10-18-14-5-3-2-4-13(12)14/h2-5,10-11,16,18-19H,6-9H2,1H3,(H,17,20). The molecule has 2 rings (SSSR count). The topological polar surface area (TPSA) is 77.2 Å². The average molecular weight is 275 g/mol. The van der Waals surface area contributed by atoms with Crippen molar-refractivity contribution in [3.63, 3.8) is 0 Å². The van der Waals surface area contributed by atoms with Crippen LogP contribution in [0, 0.1) is 0 Å². The fourth-order valence-corrected chi connectivity index (χ4v) is 2.11. The number of H-pyrrole nitrogens is 1. The normalized spacial score (nSPS) is 12.5. The third kappa shape index (κ3) is 4.08. The van der Waals surface area contributed by atoms with Gasteiger partial charge in [0.25, 0.3) is 0 Å². The lowest BCUT2D eigenvalue weighted by Gasteiger charge is -2.08. The van der Waals surface area contributed by atoms with Gasteiger partial charge in [-0.15, -0.1) is 0 Å². The number of aromatic amines is 1. The number of aromatic nitrogens is 1. The highest BCUT2D eigenvalue weighted by Gasteiger charge is 2.07. The first-order valence-electron chi connectivity index (χ1n) is 6.87. The fraction of sp³-hybridized carbons (Fsp3) is 0.400. The number of hydrogen-bond acceptors (Lipinski definition) is 3. The van der Waals surface area contributed by atoms with Gasteiger partial charge in [0.2, 0.25) is 5.91 Å². The number of carbonyl (C=O) groups excluding carboxylic acids is 1.